The molecule has 0 radical (unpaired) electrons. The number of sulfonamides is 1. The Morgan fingerprint density at radius 2 is 2.05 bits per heavy atom. The summed E-state index contributed by atoms with van der Waals surface area (Å²) in [6.07, 6.45) is -4.55. The molecule has 4 nitrogen and oxygen atoms in total. The first-order valence-electron chi connectivity index (χ1n) is 6.48. The van der Waals surface area contributed by atoms with Gasteiger partial charge in [0.1, 0.15) is 0 Å². The van der Waals surface area contributed by atoms with Crippen LogP contribution in [0.15, 0.2) is 16.3 Å². The molecule has 1 aromatic rings. The Hall–Kier alpha value is -0.640. The van der Waals surface area contributed by atoms with Crippen molar-refractivity contribution in [2.24, 2.45) is 0 Å². The van der Waals surface area contributed by atoms with Crippen molar-refractivity contribution >= 4 is 21.4 Å². The summed E-state index contributed by atoms with van der Waals surface area (Å²) in [5, 5.41) is 4.60. The van der Waals surface area contributed by atoms with E-state index in [4.69, 9.17) is 0 Å². The molecule has 0 unspecified atom stereocenters. The highest BCUT2D eigenvalue weighted by atomic mass is 32.2. The summed E-state index contributed by atoms with van der Waals surface area (Å²) in [5.74, 6) is 0. The fourth-order valence-corrected chi connectivity index (χ4v) is 3.97. The van der Waals surface area contributed by atoms with Gasteiger partial charge in [-0.1, -0.05) is 6.92 Å². The van der Waals surface area contributed by atoms with Crippen molar-refractivity contribution in [2.45, 2.75) is 37.4 Å². The minimum absolute atomic E-state index is 0.0467. The fraction of sp³-hybridized carbons (Fsp3) is 0.667. The molecule has 0 spiro atoms. The average molecular weight is 344 g/mol. The van der Waals surface area contributed by atoms with Crippen LogP contribution in [0.3, 0.4) is 0 Å². The van der Waals surface area contributed by atoms with Gasteiger partial charge in [0.05, 0.1) is 11.3 Å². The SMILES string of the molecule is CCCNCc1cc(S(=O)(=O)N(C)CCC(F)(F)F)cs1. The number of rotatable bonds is 8. The quantitative estimate of drug-likeness (QED) is 0.738. The lowest BCUT2D eigenvalue weighted by atomic mass is 10.4. The Labute approximate surface area is 127 Å². The maximum absolute atomic E-state index is 12.2. The Kier molecular flexibility index (Phi) is 6.64. The minimum Gasteiger partial charge on any atom is -0.312 e. The number of nitrogens with one attached hydrogen (secondary N) is 1. The zero-order valence-electron chi connectivity index (χ0n) is 11.9. The van der Waals surface area contributed by atoms with Crippen molar-refractivity contribution in [1.82, 2.24) is 9.62 Å². The fourth-order valence-electron chi connectivity index (χ4n) is 1.56. The number of nitrogens with zero attached hydrogens (tertiary/aromatic N) is 1. The molecule has 1 heterocycles. The first kappa shape index (κ1) is 18.4. The Morgan fingerprint density at radius 3 is 2.62 bits per heavy atom. The zero-order chi connectivity index (χ0) is 16.1. The molecule has 0 aliphatic carbocycles. The number of hydrogen-bond acceptors (Lipinski definition) is 4. The molecule has 0 fully saturated rings. The molecule has 1 N–H and O–H groups in total. The lowest BCUT2D eigenvalue weighted by molar-refractivity contribution is -0.135. The Bertz CT molecular complexity index is 541. The van der Waals surface area contributed by atoms with Crippen LogP contribution in [-0.2, 0) is 16.6 Å². The largest absolute Gasteiger partial charge is 0.390 e. The van der Waals surface area contributed by atoms with Gasteiger partial charge in [0, 0.05) is 30.4 Å². The highest BCUT2D eigenvalue weighted by molar-refractivity contribution is 7.89. The highest BCUT2D eigenvalue weighted by Gasteiger charge is 2.30. The van der Waals surface area contributed by atoms with Crippen LogP contribution in [0.1, 0.15) is 24.6 Å². The van der Waals surface area contributed by atoms with Crippen LogP contribution in [0.2, 0.25) is 0 Å². The monoisotopic (exact) mass is 344 g/mol. The summed E-state index contributed by atoms with van der Waals surface area (Å²) in [6.45, 7) is 2.82. The number of halogens is 3. The predicted octanol–water partition coefficient (Wildman–Crippen LogP) is 2.82. The maximum Gasteiger partial charge on any atom is 0.390 e. The molecule has 0 aromatic carbocycles. The van der Waals surface area contributed by atoms with Crippen molar-refractivity contribution < 1.29 is 21.6 Å². The number of hydrogen-bond donors (Lipinski definition) is 1. The Morgan fingerprint density at radius 1 is 1.38 bits per heavy atom. The molecule has 0 amide bonds. The third-order valence-corrected chi connectivity index (χ3v) is 5.69. The van der Waals surface area contributed by atoms with Crippen LogP contribution in [0.5, 0.6) is 0 Å². The molecular weight excluding hydrogens is 325 g/mol. The summed E-state index contributed by atoms with van der Waals surface area (Å²) in [5.41, 5.74) is 0. The molecular formula is C12H19F3N2O2S2. The molecule has 0 aliphatic rings. The van der Waals surface area contributed by atoms with E-state index in [9.17, 15) is 21.6 Å². The van der Waals surface area contributed by atoms with E-state index >= 15 is 0 Å². The van der Waals surface area contributed by atoms with Crippen molar-refractivity contribution in [2.75, 3.05) is 20.1 Å². The summed E-state index contributed by atoms with van der Waals surface area (Å²) >= 11 is 1.28. The third kappa shape index (κ3) is 5.93. The summed E-state index contributed by atoms with van der Waals surface area (Å²) in [4.78, 5) is 0.886. The van der Waals surface area contributed by atoms with E-state index in [1.54, 1.807) is 0 Å². The molecule has 0 aliphatic heterocycles. The summed E-state index contributed by atoms with van der Waals surface area (Å²) < 4.78 is 61.5. The topological polar surface area (TPSA) is 49.4 Å². The number of thiophene rings is 1. The molecule has 1 rings (SSSR count). The lowest BCUT2D eigenvalue weighted by Crippen LogP contribution is -2.30. The van der Waals surface area contributed by atoms with Crippen molar-refractivity contribution in [1.29, 1.82) is 0 Å². The van der Waals surface area contributed by atoms with Crippen molar-refractivity contribution in [3.63, 3.8) is 0 Å². The second kappa shape index (κ2) is 7.57. The minimum atomic E-state index is -4.37. The smallest absolute Gasteiger partial charge is 0.312 e. The summed E-state index contributed by atoms with van der Waals surface area (Å²) in [6, 6.07) is 1.51. The molecule has 9 heteroatoms. The van der Waals surface area contributed by atoms with Gasteiger partial charge in [0.15, 0.2) is 0 Å². The van der Waals surface area contributed by atoms with Crippen LogP contribution in [0, 0.1) is 0 Å². The van der Waals surface area contributed by atoms with E-state index in [1.165, 1.54) is 22.8 Å². The second-order valence-electron chi connectivity index (χ2n) is 4.62. The molecule has 0 saturated carbocycles. The molecule has 0 atom stereocenters. The van der Waals surface area contributed by atoms with Gasteiger partial charge in [-0.3, -0.25) is 0 Å². The van der Waals surface area contributed by atoms with Gasteiger partial charge in [-0.2, -0.15) is 13.2 Å². The van der Waals surface area contributed by atoms with E-state index in [-0.39, 0.29) is 4.90 Å². The van der Waals surface area contributed by atoms with E-state index in [1.807, 2.05) is 6.92 Å². The molecule has 1 aromatic heterocycles. The van der Waals surface area contributed by atoms with Gasteiger partial charge in [0.2, 0.25) is 10.0 Å². The van der Waals surface area contributed by atoms with Crippen LogP contribution >= 0.6 is 11.3 Å². The third-order valence-electron chi connectivity index (χ3n) is 2.77. The average Bonchev–Trinajstić information content (AvgIpc) is 2.84. The molecule has 122 valence electrons. The van der Waals surface area contributed by atoms with Crippen molar-refractivity contribution in [3.05, 3.63) is 16.3 Å². The van der Waals surface area contributed by atoms with Crippen LogP contribution in [0.25, 0.3) is 0 Å². The van der Waals surface area contributed by atoms with E-state index in [0.717, 1.165) is 29.2 Å². The van der Waals surface area contributed by atoms with E-state index < -0.39 is 29.2 Å². The van der Waals surface area contributed by atoms with Gasteiger partial charge in [-0.05, 0) is 19.0 Å². The highest BCUT2D eigenvalue weighted by Crippen LogP contribution is 2.24. The Balaban J connectivity index is 2.69. The molecule has 0 bridgehead atoms. The first-order valence-corrected chi connectivity index (χ1v) is 8.80. The standard InChI is InChI=1S/C12H19F3N2O2S2/c1-3-5-16-8-10-7-11(9-20-10)21(18,19)17(2)6-4-12(13,14)15/h7,9,16H,3-6,8H2,1-2H3. The predicted molar refractivity (Wildman–Crippen MR) is 76.8 cm³/mol. The first-order chi connectivity index (χ1) is 9.66. The zero-order valence-corrected chi connectivity index (χ0v) is 13.5. The van der Waals surface area contributed by atoms with Gasteiger partial charge < -0.3 is 5.32 Å². The summed E-state index contributed by atoms with van der Waals surface area (Å²) in [7, 11) is -2.69. The second-order valence-corrected chi connectivity index (χ2v) is 7.66. The molecule has 21 heavy (non-hydrogen) atoms. The van der Waals surface area contributed by atoms with E-state index in [2.05, 4.69) is 5.32 Å². The number of alkyl halides is 3. The van der Waals surface area contributed by atoms with Gasteiger partial charge in [-0.15, -0.1) is 11.3 Å². The maximum atomic E-state index is 12.2. The van der Waals surface area contributed by atoms with E-state index in [0.29, 0.717) is 6.54 Å². The van der Waals surface area contributed by atoms with Gasteiger partial charge in [0.25, 0.3) is 0 Å². The van der Waals surface area contributed by atoms with Crippen LogP contribution in [-0.4, -0.2) is 39.0 Å². The molecule has 0 saturated heterocycles. The van der Waals surface area contributed by atoms with Gasteiger partial charge in [-0.25, -0.2) is 12.7 Å². The van der Waals surface area contributed by atoms with Crippen LogP contribution < -0.4 is 5.32 Å². The van der Waals surface area contributed by atoms with Gasteiger partial charge >= 0.3 is 6.18 Å². The van der Waals surface area contributed by atoms with Crippen LogP contribution in [0.4, 0.5) is 13.2 Å². The lowest BCUT2D eigenvalue weighted by Gasteiger charge is -2.17. The van der Waals surface area contributed by atoms with Crippen molar-refractivity contribution in [3.8, 4) is 0 Å². The normalized spacial score (nSPS) is 13.0.